The van der Waals surface area contributed by atoms with Crippen molar-refractivity contribution in [1.29, 1.82) is 0 Å². The molecule has 2 aliphatic carbocycles. The summed E-state index contributed by atoms with van der Waals surface area (Å²) in [5, 5.41) is 9.92. The highest BCUT2D eigenvalue weighted by molar-refractivity contribution is 6.19. The standard InChI is InChI=1S/C19H25NO4/c1-11(2)9-14-18(3,4)19(14,17(23)24)10-20-15(21)12-7-5-6-8-13(12)16(20)22/h9,14H,5-8,10H2,1-4H3,(H,23,24)/t14-,19+/m0/s1. The van der Waals surface area contributed by atoms with Gasteiger partial charge in [-0.2, -0.15) is 0 Å². The lowest BCUT2D eigenvalue weighted by Gasteiger charge is -2.23. The molecular weight excluding hydrogens is 306 g/mol. The van der Waals surface area contributed by atoms with E-state index in [1.54, 1.807) is 0 Å². The Balaban J connectivity index is 1.92. The van der Waals surface area contributed by atoms with Crippen LogP contribution >= 0.6 is 0 Å². The molecule has 1 aliphatic heterocycles. The Bertz CT molecular complexity index is 668. The minimum atomic E-state index is -1.09. The number of rotatable bonds is 4. The third kappa shape index (κ3) is 2.10. The maximum Gasteiger partial charge on any atom is 0.312 e. The summed E-state index contributed by atoms with van der Waals surface area (Å²) in [6, 6.07) is 0. The molecule has 2 amide bonds. The van der Waals surface area contributed by atoms with Gasteiger partial charge in [-0.15, -0.1) is 0 Å². The summed E-state index contributed by atoms with van der Waals surface area (Å²) in [7, 11) is 0. The molecule has 2 atom stereocenters. The number of hydrogen-bond acceptors (Lipinski definition) is 3. The van der Waals surface area contributed by atoms with Crippen LogP contribution < -0.4 is 0 Å². The van der Waals surface area contributed by atoms with Crippen LogP contribution in [-0.2, 0) is 14.4 Å². The lowest BCUT2D eigenvalue weighted by Crippen LogP contribution is -2.42. The molecule has 0 bridgehead atoms. The van der Waals surface area contributed by atoms with E-state index in [0.717, 1.165) is 18.4 Å². The highest BCUT2D eigenvalue weighted by Gasteiger charge is 2.75. The number of carbonyl (C=O) groups excluding carboxylic acids is 2. The van der Waals surface area contributed by atoms with Crippen molar-refractivity contribution in [2.24, 2.45) is 16.7 Å². The molecule has 1 N–H and O–H groups in total. The van der Waals surface area contributed by atoms with Gasteiger partial charge in [0.2, 0.25) is 0 Å². The lowest BCUT2D eigenvalue weighted by atomic mass is 9.93. The first-order valence-corrected chi connectivity index (χ1v) is 8.61. The quantitative estimate of drug-likeness (QED) is 0.635. The Kier molecular flexibility index (Phi) is 3.74. The van der Waals surface area contributed by atoms with Gasteiger partial charge in [0.1, 0.15) is 0 Å². The number of imide groups is 1. The molecule has 0 saturated heterocycles. The van der Waals surface area contributed by atoms with Crippen LogP contribution in [0.2, 0.25) is 0 Å². The van der Waals surface area contributed by atoms with E-state index in [0.29, 0.717) is 24.0 Å². The number of carboxylic acid groups (broad SMARTS) is 1. The Morgan fingerprint density at radius 2 is 1.67 bits per heavy atom. The highest BCUT2D eigenvalue weighted by Crippen LogP contribution is 2.70. The minimum absolute atomic E-state index is 0.0333. The summed E-state index contributed by atoms with van der Waals surface area (Å²) >= 11 is 0. The van der Waals surface area contributed by atoms with E-state index < -0.39 is 16.8 Å². The van der Waals surface area contributed by atoms with Crippen LogP contribution in [0.5, 0.6) is 0 Å². The second-order valence-electron chi connectivity index (χ2n) is 8.08. The predicted octanol–water partition coefficient (Wildman–Crippen LogP) is 2.92. The van der Waals surface area contributed by atoms with E-state index in [1.807, 2.05) is 33.8 Å². The number of hydrogen-bond donors (Lipinski definition) is 1. The molecule has 0 aromatic rings. The van der Waals surface area contributed by atoms with E-state index >= 15 is 0 Å². The van der Waals surface area contributed by atoms with Gasteiger partial charge in [0.25, 0.3) is 11.8 Å². The Morgan fingerprint density at radius 1 is 1.17 bits per heavy atom. The third-order valence-corrected chi connectivity index (χ3v) is 6.14. The van der Waals surface area contributed by atoms with Crippen LogP contribution in [0.25, 0.3) is 0 Å². The van der Waals surface area contributed by atoms with Crippen molar-refractivity contribution in [1.82, 2.24) is 4.90 Å². The van der Waals surface area contributed by atoms with Gasteiger partial charge in [-0.05, 0) is 44.9 Å². The summed E-state index contributed by atoms with van der Waals surface area (Å²) < 4.78 is 0. The maximum absolute atomic E-state index is 12.7. The zero-order valence-corrected chi connectivity index (χ0v) is 14.8. The SMILES string of the molecule is CC(C)=C[C@H]1C(C)(C)[C@@]1(CN1C(=O)C2=C(CCCC2)C1=O)C(=O)O. The zero-order chi connectivity index (χ0) is 17.9. The van der Waals surface area contributed by atoms with E-state index in [4.69, 9.17) is 0 Å². The van der Waals surface area contributed by atoms with Crippen molar-refractivity contribution < 1.29 is 19.5 Å². The number of aliphatic carboxylic acids is 1. The molecule has 3 rings (SSSR count). The van der Waals surface area contributed by atoms with Gasteiger partial charge >= 0.3 is 5.97 Å². The summed E-state index contributed by atoms with van der Waals surface area (Å²) in [5.41, 5.74) is 0.699. The monoisotopic (exact) mass is 331 g/mol. The van der Waals surface area contributed by atoms with Gasteiger partial charge in [-0.1, -0.05) is 25.5 Å². The van der Waals surface area contributed by atoms with E-state index in [2.05, 4.69) is 0 Å². The van der Waals surface area contributed by atoms with Crippen molar-refractivity contribution >= 4 is 17.8 Å². The van der Waals surface area contributed by atoms with Crippen molar-refractivity contribution in [3.05, 3.63) is 22.8 Å². The third-order valence-electron chi connectivity index (χ3n) is 6.14. The molecule has 0 unspecified atom stereocenters. The van der Waals surface area contributed by atoms with Crippen LogP contribution in [-0.4, -0.2) is 34.3 Å². The lowest BCUT2D eigenvalue weighted by molar-refractivity contribution is -0.148. The molecule has 1 fully saturated rings. The van der Waals surface area contributed by atoms with Crippen LogP contribution in [0.4, 0.5) is 0 Å². The molecule has 0 aromatic heterocycles. The predicted molar refractivity (Wildman–Crippen MR) is 89.0 cm³/mol. The first kappa shape index (κ1) is 16.9. The van der Waals surface area contributed by atoms with Crippen molar-refractivity contribution in [2.45, 2.75) is 53.4 Å². The Hall–Kier alpha value is -1.91. The second-order valence-corrected chi connectivity index (χ2v) is 8.08. The average molecular weight is 331 g/mol. The molecule has 0 radical (unpaired) electrons. The summed E-state index contributed by atoms with van der Waals surface area (Å²) in [6.45, 7) is 7.66. The van der Waals surface area contributed by atoms with Crippen LogP contribution in [0.1, 0.15) is 53.4 Å². The number of allylic oxidation sites excluding steroid dienone is 2. The normalized spacial score (nSPS) is 31.2. The molecule has 130 valence electrons. The average Bonchev–Trinajstić information content (AvgIpc) is 2.86. The molecule has 0 aromatic carbocycles. The summed E-state index contributed by atoms with van der Waals surface area (Å²) in [4.78, 5) is 38.6. The number of amides is 2. The molecule has 1 heterocycles. The second kappa shape index (κ2) is 5.30. The zero-order valence-electron chi connectivity index (χ0n) is 14.8. The fraction of sp³-hybridized carbons (Fsp3) is 0.632. The minimum Gasteiger partial charge on any atom is -0.481 e. The molecule has 0 spiro atoms. The summed E-state index contributed by atoms with van der Waals surface area (Å²) in [5.74, 6) is -1.64. The van der Waals surface area contributed by atoms with Gasteiger partial charge in [-0.3, -0.25) is 19.3 Å². The van der Waals surface area contributed by atoms with Crippen molar-refractivity contribution in [2.75, 3.05) is 6.54 Å². The van der Waals surface area contributed by atoms with Crippen LogP contribution in [0.3, 0.4) is 0 Å². The smallest absolute Gasteiger partial charge is 0.312 e. The van der Waals surface area contributed by atoms with Gasteiger partial charge < -0.3 is 5.11 Å². The number of carbonyl (C=O) groups is 3. The maximum atomic E-state index is 12.7. The molecule has 24 heavy (non-hydrogen) atoms. The Labute approximate surface area is 142 Å². The van der Waals surface area contributed by atoms with Gasteiger partial charge in [0.15, 0.2) is 0 Å². The van der Waals surface area contributed by atoms with Crippen molar-refractivity contribution in [3.63, 3.8) is 0 Å². The first-order valence-electron chi connectivity index (χ1n) is 8.61. The highest BCUT2D eigenvalue weighted by atomic mass is 16.4. The number of nitrogens with zero attached hydrogens (tertiary/aromatic N) is 1. The molecule has 5 heteroatoms. The van der Waals surface area contributed by atoms with Gasteiger partial charge in [-0.25, -0.2) is 0 Å². The fourth-order valence-corrected chi connectivity index (χ4v) is 4.55. The largest absolute Gasteiger partial charge is 0.481 e. The Morgan fingerprint density at radius 3 is 2.08 bits per heavy atom. The van der Waals surface area contributed by atoms with Crippen LogP contribution in [0.15, 0.2) is 22.8 Å². The molecular formula is C19H25NO4. The van der Waals surface area contributed by atoms with E-state index in [1.165, 1.54) is 4.90 Å². The fourth-order valence-electron chi connectivity index (χ4n) is 4.55. The molecule has 3 aliphatic rings. The molecule has 1 saturated carbocycles. The van der Waals surface area contributed by atoms with Crippen LogP contribution in [0, 0.1) is 16.7 Å². The van der Waals surface area contributed by atoms with E-state index in [9.17, 15) is 19.5 Å². The molecule has 5 nitrogen and oxygen atoms in total. The van der Waals surface area contributed by atoms with Gasteiger partial charge in [0.05, 0.1) is 5.41 Å². The van der Waals surface area contributed by atoms with Gasteiger partial charge in [0, 0.05) is 23.6 Å². The topological polar surface area (TPSA) is 74.7 Å². The van der Waals surface area contributed by atoms with E-state index in [-0.39, 0.29) is 24.3 Å². The van der Waals surface area contributed by atoms with Crippen molar-refractivity contribution in [3.8, 4) is 0 Å². The number of carboxylic acids is 1. The first-order chi connectivity index (χ1) is 11.1. The summed E-state index contributed by atoms with van der Waals surface area (Å²) in [6.07, 6.45) is 5.07.